The van der Waals surface area contributed by atoms with E-state index in [4.69, 9.17) is 16.9 Å². The number of nitrogens with zero attached hydrogens (tertiary/aromatic N) is 1. The van der Waals surface area contributed by atoms with Crippen LogP contribution >= 0.6 is 23.1 Å². The summed E-state index contributed by atoms with van der Waals surface area (Å²) in [5.41, 5.74) is 10.2. The fourth-order valence-electron chi connectivity index (χ4n) is 0.684. The van der Waals surface area contributed by atoms with E-state index in [-0.39, 0.29) is 11.1 Å². The molecule has 0 radical (unpaired) electrons. The number of amidine groups is 1. The molecule has 1 rings (SSSR count). The SMILES string of the molecule is N=C(N=C(N)N)SCc1cccs1. The fraction of sp³-hybridized carbons (Fsp3) is 0.143. The van der Waals surface area contributed by atoms with Gasteiger partial charge in [-0.15, -0.1) is 11.3 Å². The second-order valence-corrected chi connectivity index (χ2v) is 4.21. The lowest BCUT2D eigenvalue weighted by Crippen LogP contribution is -2.23. The minimum atomic E-state index is -0.0660. The molecule has 13 heavy (non-hydrogen) atoms. The highest BCUT2D eigenvalue weighted by atomic mass is 32.2. The topological polar surface area (TPSA) is 88.2 Å². The molecule has 1 aromatic rings. The molecule has 4 nitrogen and oxygen atoms in total. The maximum Gasteiger partial charge on any atom is 0.193 e. The van der Waals surface area contributed by atoms with Crippen molar-refractivity contribution < 1.29 is 0 Å². The average molecular weight is 214 g/mol. The monoisotopic (exact) mass is 214 g/mol. The number of guanidine groups is 1. The van der Waals surface area contributed by atoms with Crippen LogP contribution in [-0.2, 0) is 5.75 Å². The summed E-state index contributed by atoms with van der Waals surface area (Å²) in [5, 5.41) is 9.49. The largest absolute Gasteiger partial charge is 0.370 e. The van der Waals surface area contributed by atoms with Gasteiger partial charge in [0.05, 0.1) is 0 Å². The lowest BCUT2D eigenvalue weighted by Gasteiger charge is -1.96. The minimum absolute atomic E-state index is 0.0660. The summed E-state index contributed by atoms with van der Waals surface area (Å²) < 4.78 is 0. The normalized spacial score (nSPS) is 9.54. The van der Waals surface area contributed by atoms with Gasteiger partial charge in [0.25, 0.3) is 0 Å². The van der Waals surface area contributed by atoms with Gasteiger partial charge in [-0.05, 0) is 11.4 Å². The molecule has 0 unspecified atom stereocenters. The first-order valence-electron chi connectivity index (χ1n) is 3.52. The van der Waals surface area contributed by atoms with Crippen molar-refractivity contribution in [2.75, 3.05) is 0 Å². The summed E-state index contributed by atoms with van der Waals surface area (Å²) in [4.78, 5) is 4.81. The number of rotatable bonds is 2. The molecule has 0 spiro atoms. The van der Waals surface area contributed by atoms with Crippen molar-refractivity contribution >= 4 is 34.2 Å². The Balaban J connectivity index is 2.35. The van der Waals surface area contributed by atoms with Gasteiger partial charge in [0.2, 0.25) is 0 Å². The smallest absolute Gasteiger partial charge is 0.193 e. The predicted octanol–water partition coefficient (Wildman–Crippen LogP) is 1.19. The second-order valence-electron chi connectivity index (χ2n) is 2.21. The van der Waals surface area contributed by atoms with E-state index in [0.717, 1.165) is 5.75 Å². The summed E-state index contributed by atoms with van der Waals surface area (Å²) in [6.07, 6.45) is 0. The zero-order chi connectivity index (χ0) is 9.68. The zero-order valence-electron chi connectivity index (χ0n) is 6.86. The highest BCUT2D eigenvalue weighted by molar-refractivity contribution is 8.13. The Morgan fingerprint density at radius 3 is 2.92 bits per heavy atom. The van der Waals surface area contributed by atoms with Crippen molar-refractivity contribution in [2.45, 2.75) is 5.75 Å². The Kier molecular flexibility index (Phi) is 3.78. The summed E-state index contributed by atoms with van der Waals surface area (Å²) >= 11 is 2.96. The molecule has 0 saturated carbocycles. The molecule has 0 atom stereocenters. The molecule has 0 fully saturated rings. The molecule has 70 valence electrons. The van der Waals surface area contributed by atoms with Crippen LogP contribution in [-0.4, -0.2) is 11.1 Å². The zero-order valence-corrected chi connectivity index (χ0v) is 8.49. The van der Waals surface area contributed by atoms with Crippen molar-refractivity contribution in [1.29, 1.82) is 5.41 Å². The lowest BCUT2D eigenvalue weighted by atomic mass is 10.5. The predicted molar refractivity (Wildman–Crippen MR) is 59.2 cm³/mol. The third kappa shape index (κ3) is 3.95. The van der Waals surface area contributed by atoms with Gasteiger partial charge in [0.15, 0.2) is 11.1 Å². The standard InChI is InChI=1S/C7H10N4S2/c8-6(9)11-7(10)13-4-5-2-1-3-12-5/h1-3H,4H2,(H5,8,9,10,11). The number of nitrogens with two attached hydrogens (primary N) is 2. The Morgan fingerprint density at radius 2 is 2.38 bits per heavy atom. The molecule has 0 amide bonds. The summed E-state index contributed by atoms with van der Waals surface area (Å²) in [6, 6.07) is 3.99. The van der Waals surface area contributed by atoms with E-state index < -0.39 is 0 Å². The van der Waals surface area contributed by atoms with Crippen LogP contribution in [0, 0.1) is 5.41 Å². The van der Waals surface area contributed by atoms with Crippen molar-refractivity contribution in [3.05, 3.63) is 22.4 Å². The van der Waals surface area contributed by atoms with Crippen LogP contribution in [0.5, 0.6) is 0 Å². The maximum atomic E-state index is 7.34. The molecule has 0 aromatic carbocycles. The summed E-state index contributed by atoms with van der Waals surface area (Å²) in [6.45, 7) is 0. The van der Waals surface area contributed by atoms with Crippen LogP contribution in [0.15, 0.2) is 22.5 Å². The van der Waals surface area contributed by atoms with Gasteiger partial charge in [-0.1, -0.05) is 17.8 Å². The van der Waals surface area contributed by atoms with E-state index in [9.17, 15) is 0 Å². The van der Waals surface area contributed by atoms with Crippen molar-refractivity contribution in [1.82, 2.24) is 0 Å². The van der Waals surface area contributed by atoms with Crippen LogP contribution in [0.25, 0.3) is 0 Å². The number of hydrogen-bond donors (Lipinski definition) is 3. The molecule has 0 aliphatic carbocycles. The first-order valence-corrected chi connectivity index (χ1v) is 5.38. The first-order chi connectivity index (χ1) is 6.18. The molecule has 0 aliphatic rings. The lowest BCUT2D eigenvalue weighted by molar-refractivity contribution is 1.43. The molecule has 5 N–H and O–H groups in total. The first kappa shape index (κ1) is 10.1. The molecule has 0 bridgehead atoms. The van der Waals surface area contributed by atoms with E-state index >= 15 is 0 Å². The minimum Gasteiger partial charge on any atom is -0.370 e. The van der Waals surface area contributed by atoms with Crippen molar-refractivity contribution in [2.24, 2.45) is 16.5 Å². The molecule has 0 aliphatic heterocycles. The van der Waals surface area contributed by atoms with Gasteiger partial charge in [-0.2, -0.15) is 4.99 Å². The Bertz CT molecular complexity index is 300. The third-order valence-corrected chi connectivity index (χ3v) is 3.04. The quantitative estimate of drug-likeness (QED) is 0.510. The van der Waals surface area contributed by atoms with Crippen molar-refractivity contribution in [3.63, 3.8) is 0 Å². The van der Waals surface area contributed by atoms with Crippen LogP contribution in [0.1, 0.15) is 4.88 Å². The van der Waals surface area contributed by atoms with Gasteiger partial charge < -0.3 is 11.5 Å². The summed E-state index contributed by atoms with van der Waals surface area (Å²) in [5.74, 6) is 0.677. The van der Waals surface area contributed by atoms with E-state index in [1.807, 2.05) is 17.5 Å². The van der Waals surface area contributed by atoms with Crippen LogP contribution in [0.4, 0.5) is 0 Å². The second kappa shape index (κ2) is 4.88. The number of thiophene rings is 1. The maximum absolute atomic E-state index is 7.34. The molecule has 6 heteroatoms. The molecule has 1 aromatic heterocycles. The fourth-order valence-corrected chi connectivity index (χ4v) is 2.17. The van der Waals surface area contributed by atoms with Crippen LogP contribution < -0.4 is 11.5 Å². The number of aliphatic imine (C=N–C) groups is 1. The van der Waals surface area contributed by atoms with E-state index in [2.05, 4.69) is 4.99 Å². The van der Waals surface area contributed by atoms with Gasteiger partial charge >= 0.3 is 0 Å². The van der Waals surface area contributed by atoms with Crippen LogP contribution in [0.3, 0.4) is 0 Å². The van der Waals surface area contributed by atoms with Gasteiger partial charge in [-0.3, -0.25) is 5.41 Å². The Morgan fingerprint density at radius 1 is 1.62 bits per heavy atom. The number of nitrogens with one attached hydrogen (secondary N) is 1. The van der Waals surface area contributed by atoms with Crippen LogP contribution in [0.2, 0.25) is 0 Å². The Hall–Kier alpha value is -1.01. The molecule has 0 saturated heterocycles. The third-order valence-electron chi connectivity index (χ3n) is 1.16. The van der Waals surface area contributed by atoms with Crippen molar-refractivity contribution in [3.8, 4) is 0 Å². The average Bonchev–Trinajstić information content (AvgIpc) is 2.51. The highest BCUT2D eigenvalue weighted by Crippen LogP contribution is 2.17. The summed E-state index contributed by atoms with van der Waals surface area (Å²) in [7, 11) is 0. The molecular weight excluding hydrogens is 204 g/mol. The highest BCUT2D eigenvalue weighted by Gasteiger charge is 1.98. The van der Waals surface area contributed by atoms with Gasteiger partial charge in [0, 0.05) is 10.6 Å². The van der Waals surface area contributed by atoms with E-state index in [1.54, 1.807) is 11.3 Å². The van der Waals surface area contributed by atoms with E-state index in [0.29, 0.717) is 0 Å². The number of thioether (sulfide) groups is 1. The molecule has 1 heterocycles. The van der Waals surface area contributed by atoms with Gasteiger partial charge in [0.1, 0.15) is 0 Å². The number of hydrogen-bond acceptors (Lipinski definition) is 3. The van der Waals surface area contributed by atoms with Gasteiger partial charge in [-0.25, -0.2) is 0 Å². The Labute approximate surface area is 84.6 Å². The molecular formula is C7H10N4S2. The van der Waals surface area contributed by atoms with E-state index in [1.165, 1.54) is 16.6 Å².